The maximum absolute atomic E-state index is 13.8. The molecule has 13 heteroatoms. The Kier molecular flexibility index (Phi) is 5.15. The summed E-state index contributed by atoms with van der Waals surface area (Å²) in [5.74, 6) is -1.68. The number of hydrogen-bond donors (Lipinski definition) is 2. The number of carbonyl (C=O) groups excluding carboxylic acids is 2. The first kappa shape index (κ1) is 20.1. The zero-order valence-electron chi connectivity index (χ0n) is 16.2. The van der Waals surface area contributed by atoms with Crippen LogP contribution in [-0.2, 0) is 16.6 Å². The third-order valence-corrected chi connectivity index (χ3v) is 4.32. The van der Waals surface area contributed by atoms with Crippen molar-refractivity contribution in [2.24, 2.45) is 7.05 Å². The molecule has 3 aromatic heterocycles. The van der Waals surface area contributed by atoms with Crippen molar-refractivity contribution in [1.29, 1.82) is 0 Å². The van der Waals surface area contributed by atoms with Crippen molar-refractivity contribution in [3.63, 3.8) is 0 Å². The van der Waals surface area contributed by atoms with E-state index in [1.54, 1.807) is 12.1 Å². The molecule has 0 aromatic carbocycles. The number of aryl methyl sites for hydroxylation is 1. The van der Waals surface area contributed by atoms with Crippen molar-refractivity contribution >= 4 is 23.5 Å². The number of carbonyl (C=O) groups is 2. The second-order valence-corrected chi connectivity index (χ2v) is 6.50. The van der Waals surface area contributed by atoms with E-state index >= 15 is 0 Å². The molecule has 0 spiro atoms. The molecule has 4 rings (SSSR count). The van der Waals surface area contributed by atoms with Crippen LogP contribution in [0.15, 0.2) is 24.4 Å². The third kappa shape index (κ3) is 4.10. The maximum atomic E-state index is 13.8. The first-order valence-electron chi connectivity index (χ1n) is 8.94. The van der Waals surface area contributed by atoms with Gasteiger partial charge >= 0.3 is 6.09 Å². The number of nitrogens with zero attached hydrogens (tertiary/aromatic N) is 5. The SMILES string of the molecule is C[C@@H](OC(=O)Nc1c(-c2ccc3c(n2)OCC(=O)N3)nnn1C)c1cc(F)cnc1F. The van der Waals surface area contributed by atoms with Crippen molar-refractivity contribution in [3.05, 3.63) is 41.7 Å². The summed E-state index contributed by atoms with van der Waals surface area (Å²) in [4.78, 5) is 31.3. The summed E-state index contributed by atoms with van der Waals surface area (Å²) in [6, 6.07) is 4.03. The Bertz CT molecular complexity index is 1180. The fourth-order valence-corrected chi connectivity index (χ4v) is 2.84. The van der Waals surface area contributed by atoms with E-state index in [2.05, 4.69) is 30.9 Å². The molecule has 11 nitrogen and oxygen atoms in total. The number of pyridine rings is 2. The number of nitrogens with one attached hydrogen (secondary N) is 2. The van der Waals surface area contributed by atoms with Gasteiger partial charge in [-0.1, -0.05) is 5.21 Å². The summed E-state index contributed by atoms with van der Waals surface area (Å²) >= 11 is 0. The van der Waals surface area contributed by atoms with Gasteiger partial charge < -0.3 is 14.8 Å². The number of anilines is 2. The molecule has 0 saturated carbocycles. The Morgan fingerprint density at radius 2 is 2.19 bits per heavy atom. The molecule has 0 unspecified atom stereocenters. The summed E-state index contributed by atoms with van der Waals surface area (Å²) in [5, 5.41) is 12.9. The van der Waals surface area contributed by atoms with Crippen LogP contribution in [0.4, 0.5) is 25.1 Å². The van der Waals surface area contributed by atoms with Crippen molar-refractivity contribution in [2.45, 2.75) is 13.0 Å². The predicted molar refractivity (Wildman–Crippen MR) is 101 cm³/mol. The molecule has 0 fully saturated rings. The Hall–Kier alpha value is -4.16. The summed E-state index contributed by atoms with van der Waals surface area (Å²) < 4.78 is 38.8. The number of fused-ring (bicyclic) bond motifs is 1. The topological polar surface area (TPSA) is 133 Å². The molecule has 1 aliphatic heterocycles. The predicted octanol–water partition coefficient (Wildman–Crippen LogP) is 2.19. The third-order valence-electron chi connectivity index (χ3n) is 4.32. The van der Waals surface area contributed by atoms with Crippen LogP contribution < -0.4 is 15.4 Å². The molecular formula is C18H15F2N7O4. The lowest BCUT2D eigenvalue weighted by molar-refractivity contribution is -0.118. The highest BCUT2D eigenvalue weighted by molar-refractivity contribution is 5.95. The number of hydrogen-bond acceptors (Lipinski definition) is 8. The molecule has 160 valence electrons. The zero-order valence-corrected chi connectivity index (χ0v) is 16.2. The molecule has 2 amide bonds. The van der Waals surface area contributed by atoms with Gasteiger partial charge in [0.1, 0.15) is 17.6 Å². The van der Waals surface area contributed by atoms with Gasteiger partial charge in [-0.05, 0) is 25.1 Å². The number of halogens is 2. The van der Waals surface area contributed by atoms with Crippen LogP contribution in [0.2, 0.25) is 0 Å². The Balaban J connectivity index is 1.54. The van der Waals surface area contributed by atoms with Crippen LogP contribution in [0.25, 0.3) is 11.4 Å². The van der Waals surface area contributed by atoms with Crippen LogP contribution in [0.1, 0.15) is 18.6 Å². The lowest BCUT2D eigenvalue weighted by atomic mass is 10.2. The Labute approximate surface area is 173 Å². The smallest absolute Gasteiger partial charge is 0.413 e. The van der Waals surface area contributed by atoms with Gasteiger partial charge in [0.2, 0.25) is 11.8 Å². The van der Waals surface area contributed by atoms with E-state index in [1.165, 1.54) is 18.7 Å². The van der Waals surface area contributed by atoms with E-state index < -0.39 is 24.0 Å². The average Bonchev–Trinajstić information content (AvgIpc) is 3.09. The highest BCUT2D eigenvalue weighted by atomic mass is 19.1. The van der Waals surface area contributed by atoms with Crippen LogP contribution in [-0.4, -0.2) is 43.6 Å². The first-order chi connectivity index (χ1) is 14.8. The Morgan fingerprint density at radius 1 is 1.39 bits per heavy atom. The van der Waals surface area contributed by atoms with Gasteiger partial charge in [-0.15, -0.1) is 5.10 Å². The van der Waals surface area contributed by atoms with Gasteiger partial charge in [0, 0.05) is 7.05 Å². The van der Waals surface area contributed by atoms with Gasteiger partial charge in [-0.25, -0.2) is 23.8 Å². The van der Waals surface area contributed by atoms with Crippen molar-refractivity contribution < 1.29 is 27.8 Å². The Morgan fingerprint density at radius 3 is 3.00 bits per heavy atom. The van der Waals surface area contributed by atoms with Gasteiger partial charge in [-0.2, -0.15) is 4.39 Å². The molecular weight excluding hydrogens is 416 g/mol. The van der Waals surface area contributed by atoms with Gasteiger partial charge in [0.15, 0.2) is 18.1 Å². The molecule has 0 radical (unpaired) electrons. The second kappa shape index (κ2) is 7.93. The zero-order chi connectivity index (χ0) is 22.1. The summed E-state index contributed by atoms with van der Waals surface area (Å²) in [7, 11) is 1.53. The molecule has 4 heterocycles. The highest BCUT2D eigenvalue weighted by Crippen LogP contribution is 2.31. The van der Waals surface area contributed by atoms with Crippen molar-refractivity contribution in [1.82, 2.24) is 25.0 Å². The molecule has 0 bridgehead atoms. The minimum absolute atomic E-state index is 0.141. The summed E-state index contributed by atoms with van der Waals surface area (Å²) in [5.41, 5.74) is 0.701. The van der Waals surface area contributed by atoms with Crippen LogP contribution in [0.3, 0.4) is 0 Å². The van der Waals surface area contributed by atoms with E-state index in [-0.39, 0.29) is 35.5 Å². The number of amides is 2. The quantitative estimate of drug-likeness (QED) is 0.601. The molecule has 3 aromatic rings. The molecule has 1 aliphatic rings. The largest absolute Gasteiger partial charge is 0.466 e. The fourth-order valence-electron chi connectivity index (χ4n) is 2.84. The molecule has 2 N–H and O–H groups in total. The normalized spacial score (nSPS) is 13.6. The van der Waals surface area contributed by atoms with E-state index in [4.69, 9.17) is 9.47 Å². The van der Waals surface area contributed by atoms with Crippen LogP contribution >= 0.6 is 0 Å². The summed E-state index contributed by atoms with van der Waals surface area (Å²) in [6.07, 6.45) is -1.35. The van der Waals surface area contributed by atoms with Crippen molar-refractivity contribution in [3.8, 4) is 17.3 Å². The number of rotatable bonds is 4. The molecule has 31 heavy (non-hydrogen) atoms. The molecule has 1 atom stereocenters. The van der Waals surface area contributed by atoms with E-state index in [1.807, 2.05) is 0 Å². The van der Waals surface area contributed by atoms with Crippen LogP contribution in [0.5, 0.6) is 5.88 Å². The van der Waals surface area contributed by atoms with Crippen LogP contribution in [0, 0.1) is 11.8 Å². The maximum Gasteiger partial charge on any atom is 0.413 e. The lowest BCUT2D eigenvalue weighted by Gasteiger charge is -2.17. The lowest BCUT2D eigenvalue weighted by Crippen LogP contribution is -2.26. The fraction of sp³-hybridized carbons (Fsp3) is 0.222. The minimum atomic E-state index is -1.12. The van der Waals surface area contributed by atoms with Crippen molar-refractivity contribution in [2.75, 3.05) is 17.2 Å². The summed E-state index contributed by atoms with van der Waals surface area (Å²) in [6.45, 7) is 1.20. The second-order valence-electron chi connectivity index (χ2n) is 6.50. The number of ether oxygens (including phenoxy) is 2. The van der Waals surface area contributed by atoms with Gasteiger partial charge in [0.05, 0.1) is 17.5 Å². The van der Waals surface area contributed by atoms with Gasteiger partial charge in [-0.3, -0.25) is 10.1 Å². The molecule has 0 aliphatic carbocycles. The minimum Gasteiger partial charge on any atom is -0.466 e. The van der Waals surface area contributed by atoms with Gasteiger partial charge in [0.25, 0.3) is 5.91 Å². The number of aromatic nitrogens is 5. The first-order valence-corrected chi connectivity index (χ1v) is 8.94. The monoisotopic (exact) mass is 431 g/mol. The molecule has 0 saturated heterocycles. The van der Waals surface area contributed by atoms with E-state index in [9.17, 15) is 18.4 Å². The van der Waals surface area contributed by atoms with E-state index in [0.29, 0.717) is 11.4 Å². The average molecular weight is 431 g/mol. The standard InChI is InChI=1S/C18H15F2N7O4/c1-8(10-5-9(19)6-21-15(10)20)31-18(29)24-16-14(25-26-27(16)2)11-3-4-12-17(23-11)30-7-13(28)22-12/h3-6,8H,7H2,1-2H3,(H,22,28)(H,24,29)/t8-/m1/s1. The highest BCUT2D eigenvalue weighted by Gasteiger charge is 2.23. The van der Waals surface area contributed by atoms with E-state index in [0.717, 1.165) is 12.3 Å².